The maximum absolute atomic E-state index is 14.0. The van der Waals surface area contributed by atoms with E-state index < -0.39 is 11.9 Å². The number of hydrogen-bond acceptors (Lipinski definition) is 6. The molecule has 0 fully saturated rings. The first-order chi connectivity index (χ1) is 14.4. The molecule has 1 amide bonds. The largest absolute Gasteiger partial charge is 0.467 e. The first-order valence-corrected chi connectivity index (χ1v) is 9.25. The Labute approximate surface area is 172 Å². The average Bonchev–Trinajstić information content (AvgIpc) is 2.74. The highest BCUT2D eigenvalue weighted by Gasteiger charge is 2.25. The van der Waals surface area contributed by atoms with Gasteiger partial charge in [-0.15, -0.1) is 0 Å². The number of aromatic nitrogens is 2. The van der Waals surface area contributed by atoms with Crippen LogP contribution in [0.3, 0.4) is 0 Å². The second-order valence-corrected chi connectivity index (χ2v) is 7.05. The fraction of sp³-hybridized carbons (Fsp3) is 0.182. The summed E-state index contributed by atoms with van der Waals surface area (Å²) in [7, 11) is 1.65. The third kappa shape index (κ3) is 3.31. The number of fused-ring (bicyclic) bond motifs is 5. The van der Waals surface area contributed by atoms with Crippen molar-refractivity contribution in [1.82, 2.24) is 14.9 Å². The average molecular weight is 403 g/mol. The number of hydrogen-bond donors (Lipinski definition) is 1. The Morgan fingerprint density at radius 2 is 2.13 bits per heavy atom. The van der Waals surface area contributed by atoms with E-state index in [0.717, 1.165) is 0 Å². The number of nitriles is 1. The van der Waals surface area contributed by atoms with Gasteiger partial charge in [0.15, 0.2) is 5.82 Å². The molecule has 150 valence electrons. The summed E-state index contributed by atoms with van der Waals surface area (Å²) in [6, 6.07) is 11.3. The van der Waals surface area contributed by atoms with Crippen LogP contribution in [0.25, 0.3) is 11.3 Å². The summed E-state index contributed by atoms with van der Waals surface area (Å²) in [6.07, 6.45) is 0.748. The van der Waals surface area contributed by atoms with E-state index in [1.54, 1.807) is 26.1 Å². The lowest BCUT2D eigenvalue weighted by Gasteiger charge is -2.24. The normalized spacial score (nSPS) is 15.7. The number of anilines is 1. The number of rotatable bonds is 0. The van der Waals surface area contributed by atoms with Crippen LogP contribution >= 0.6 is 0 Å². The lowest BCUT2D eigenvalue weighted by Crippen LogP contribution is -2.28. The molecule has 2 aromatic carbocycles. The molecular weight excluding hydrogens is 385 g/mol. The minimum Gasteiger partial charge on any atom is -0.467 e. The first kappa shape index (κ1) is 19.3. The SMILES string of the molecule is C[C@H]1Oc2nc(cnc2N)-c2c(C#N)cccc2CN(C)C(=O)c2ccc(F)cc21. The predicted octanol–water partition coefficient (Wildman–Crippen LogP) is 3.46. The third-order valence-corrected chi connectivity index (χ3v) is 5.02. The summed E-state index contributed by atoms with van der Waals surface area (Å²) in [5.74, 6) is -0.670. The van der Waals surface area contributed by atoms with Crippen LogP contribution in [0.4, 0.5) is 10.2 Å². The number of nitrogen functional groups attached to an aromatic ring is 1. The highest BCUT2D eigenvalue weighted by atomic mass is 19.1. The molecule has 0 unspecified atom stereocenters. The quantitative estimate of drug-likeness (QED) is 0.616. The van der Waals surface area contributed by atoms with Crippen molar-refractivity contribution < 1.29 is 13.9 Å². The van der Waals surface area contributed by atoms with Crippen LogP contribution in [0.5, 0.6) is 5.88 Å². The Morgan fingerprint density at radius 1 is 1.33 bits per heavy atom. The van der Waals surface area contributed by atoms with E-state index in [2.05, 4.69) is 16.0 Å². The topological polar surface area (TPSA) is 105 Å². The van der Waals surface area contributed by atoms with Crippen molar-refractivity contribution in [3.05, 3.63) is 70.7 Å². The molecule has 1 aliphatic rings. The van der Waals surface area contributed by atoms with Crippen LogP contribution in [-0.4, -0.2) is 27.8 Å². The Hall–Kier alpha value is -3.99. The summed E-state index contributed by atoms with van der Waals surface area (Å²) >= 11 is 0. The second-order valence-electron chi connectivity index (χ2n) is 7.05. The summed E-state index contributed by atoms with van der Waals surface area (Å²) < 4.78 is 19.9. The zero-order valence-electron chi connectivity index (χ0n) is 16.4. The van der Waals surface area contributed by atoms with Gasteiger partial charge in [-0.25, -0.2) is 14.4 Å². The van der Waals surface area contributed by atoms with Gasteiger partial charge in [-0.3, -0.25) is 4.79 Å². The fourth-order valence-electron chi connectivity index (χ4n) is 3.54. The molecule has 30 heavy (non-hydrogen) atoms. The Bertz CT molecular complexity index is 1200. The summed E-state index contributed by atoms with van der Waals surface area (Å²) in [5.41, 5.74) is 8.72. The Kier molecular flexibility index (Phi) is 4.80. The molecule has 1 atom stereocenters. The van der Waals surface area contributed by atoms with E-state index in [1.165, 1.54) is 29.3 Å². The van der Waals surface area contributed by atoms with E-state index in [-0.39, 0.29) is 24.1 Å². The molecular formula is C22H18FN5O2. The zero-order chi connectivity index (χ0) is 21.4. The number of nitrogens with zero attached hydrogens (tertiary/aromatic N) is 4. The lowest BCUT2D eigenvalue weighted by atomic mass is 9.97. The van der Waals surface area contributed by atoms with Crippen LogP contribution in [0.2, 0.25) is 0 Å². The van der Waals surface area contributed by atoms with Crippen LogP contribution in [-0.2, 0) is 6.54 Å². The number of ether oxygens (including phenoxy) is 1. The molecule has 2 heterocycles. The number of carbonyl (C=O) groups excluding carboxylic acids is 1. The van der Waals surface area contributed by atoms with Gasteiger partial charge in [0.05, 0.1) is 23.5 Å². The molecule has 4 rings (SSSR count). The molecule has 0 saturated carbocycles. The minimum absolute atomic E-state index is 0.0512. The molecule has 0 saturated heterocycles. The van der Waals surface area contributed by atoms with Gasteiger partial charge in [-0.1, -0.05) is 12.1 Å². The van der Waals surface area contributed by atoms with E-state index in [0.29, 0.717) is 33.5 Å². The van der Waals surface area contributed by atoms with Gasteiger partial charge in [0.1, 0.15) is 11.9 Å². The molecule has 0 aliphatic carbocycles. The fourth-order valence-corrected chi connectivity index (χ4v) is 3.54. The molecule has 1 aliphatic heterocycles. The van der Waals surface area contributed by atoms with Crippen molar-refractivity contribution in [2.45, 2.75) is 19.6 Å². The van der Waals surface area contributed by atoms with Gasteiger partial charge in [0.2, 0.25) is 0 Å². The van der Waals surface area contributed by atoms with Crippen LogP contribution in [0, 0.1) is 17.1 Å². The maximum Gasteiger partial charge on any atom is 0.258 e. The van der Waals surface area contributed by atoms with Gasteiger partial charge in [-0.2, -0.15) is 5.26 Å². The van der Waals surface area contributed by atoms with Crippen molar-refractivity contribution >= 4 is 11.7 Å². The van der Waals surface area contributed by atoms with Gasteiger partial charge in [0, 0.05) is 30.3 Å². The van der Waals surface area contributed by atoms with E-state index in [1.807, 2.05) is 6.07 Å². The molecule has 1 aromatic heterocycles. The van der Waals surface area contributed by atoms with Crippen molar-refractivity contribution in [3.8, 4) is 23.2 Å². The minimum atomic E-state index is -0.718. The van der Waals surface area contributed by atoms with Gasteiger partial charge in [0.25, 0.3) is 11.8 Å². The van der Waals surface area contributed by atoms with Gasteiger partial charge in [-0.05, 0) is 36.8 Å². The molecule has 2 bridgehead atoms. The Balaban J connectivity index is 1.98. The third-order valence-electron chi connectivity index (χ3n) is 5.02. The molecule has 3 aromatic rings. The molecule has 0 radical (unpaired) electrons. The summed E-state index contributed by atoms with van der Waals surface area (Å²) in [5, 5.41) is 9.61. The van der Waals surface area contributed by atoms with E-state index >= 15 is 0 Å². The molecule has 2 N–H and O–H groups in total. The highest BCUT2D eigenvalue weighted by Crippen LogP contribution is 2.33. The number of carbonyl (C=O) groups is 1. The zero-order valence-corrected chi connectivity index (χ0v) is 16.4. The Morgan fingerprint density at radius 3 is 2.90 bits per heavy atom. The van der Waals surface area contributed by atoms with E-state index in [4.69, 9.17) is 10.5 Å². The van der Waals surface area contributed by atoms with Crippen molar-refractivity contribution in [1.29, 1.82) is 5.26 Å². The van der Waals surface area contributed by atoms with Gasteiger partial charge >= 0.3 is 0 Å². The second kappa shape index (κ2) is 7.44. The maximum atomic E-state index is 14.0. The van der Waals surface area contributed by atoms with Crippen molar-refractivity contribution in [3.63, 3.8) is 0 Å². The first-order valence-electron chi connectivity index (χ1n) is 9.25. The molecule has 0 spiro atoms. The highest BCUT2D eigenvalue weighted by molar-refractivity contribution is 5.95. The standard InChI is InChI=1S/C22H18FN5O2/c1-12-17-8-15(23)6-7-16(17)22(29)28(2)11-14-5-3-4-13(9-24)19(14)18-10-26-20(25)21(27-18)30-12/h3-8,10,12H,11H2,1-2H3,(H2,25,26)/t12-/m1/s1. The number of amides is 1. The molecule has 8 heteroatoms. The van der Waals surface area contributed by atoms with Crippen LogP contribution in [0.1, 0.15) is 40.1 Å². The predicted molar refractivity (Wildman–Crippen MR) is 108 cm³/mol. The number of nitrogens with two attached hydrogens (primary N) is 1. The van der Waals surface area contributed by atoms with E-state index in [9.17, 15) is 14.4 Å². The van der Waals surface area contributed by atoms with Crippen LogP contribution in [0.15, 0.2) is 42.6 Å². The summed E-state index contributed by atoms with van der Waals surface area (Å²) in [4.78, 5) is 23.3. The summed E-state index contributed by atoms with van der Waals surface area (Å²) in [6.45, 7) is 1.90. The smallest absolute Gasteiger partial charge is 0.258 e. The number of benzene rings is 2. The van der Waals surface area contributed by atoms with Gasteiger partial charge < -0.3 is 15.4 Å². The monoisotopic (exact) mass is 403 g/mol. The van der Waals surface area contributed by atoms with Crippen molar-refractivity contribution in [2.24, 2.45) is 0 Å². The lowest BCUT2D eigenvalue weighted by molar-refractivity contribution is 0.0780. The van der Waals surface area contributed by atoms with Crippen LogP contribution < -0.4 is 10.5 Å². The number of halogens is 1. The molecule has 7 nitrogen and oxygen atoms in total. The van der Waals surface area contributed by atoms with Crippen molar-refractivity contribution in [2.75, 3.05) is 12.8 Å².